The molecular weight excluding hydrogens is 208 g/mol. The van der Waals surface area contributed by atoms with E-state index in [9.17, 15) is 5.11 Å². The lowest BCUT2D eigenvalue weighted by Gasteiger charge is -2.05. The normalized spacial score (nSPS) is 11.5. The molecule has 1 N–H and O–H groups in total. The predicted octanol–water partition coefficient (Wildman–Crippen LogP) is 4.48. The highest BCUT2D eigenvalue weighted by atomic mass is 16.3. The van der Waals surface area contributed by atoms with Gasteiger partial charge in [-0.3, -0.25) is 0 Å². The van der Waals surface area contributed by atoms with Crippen LogP contribution in [0.15, 0.2) is 54.6 Å². The van der Waals surface area contributed by atoms with Crippen LogP contribution in [0, 0.1) is 0 Å². The third-order valence-corrected chi connectivity index (χ3v) is 2.97. The average molecular weight is 224 g/mol. The van der Waals surface area contributed by atoms with Gasteiger partial charge in [-0.1, -0.05) is 42.5 Å². The SMILES string of the molecule is C/C=C(/C)c1ccc(-c2ccc(O)cc2)cc1. The second kappa shape index (κ2) is 4.88. The van der Waals surface area contributed by atoms with Crippen LogP contribution in [0.5, 0.6) is 5.75 Å². The summed E-state index contributed by atoms with van der Waals surface area (Å²) in [6.07, 6.45) is 2.11. The predicted molar refractivity (Wildman–Crippen MR) is 72.9 cm³/mol. The van der Waals surface area contributed by atoms with Crippen molar-refractivity contribution in [3.8, 4) is 16.9 Å². The molecule has 2 aromatic carbocycles. The van der Waals surface area contributed by atoms with Crippen molar-refractivity contribution in [2.75, 3.05) is 0 Å². The van der Waals surface area contributed by atoms with Gasteiger partial charge in [0.1, 0.15) is 5.75 Å². The third-order valence-electron chi connectivity index (χ3n) is 2.97. The number of allylic oxidation sites excluding steroid dienone is 2. The summed E-state index contributed by atoms with van der Waals surface area (Å²) in [5.74, 6) is 0.301. The van der Waals surface area contributed by atoms with E-state index < -0.39 is 0 Å². The number of hydrogen-bond acceptors (Lipinski definition) is 1. The van der Waals surface area contributed by atoms with Crippen LogP contribution in [0.2, 0.25) is 0 Å². The third kappa shape index (κ3) is 2.56. The molecule has 2 rings (SSSR count). The summed E-state index contributed by atoms with van der Waals surface area (Å²) in [6.45, 7) is 4.15. The van der Waals surface area contributed by atoms with Crippen molar-refractivity contribution in [3.05, 3.63) is 60.2 Å². The molecule has 17 heavy (non-hydrogen) atoms. The number of phenolic OH excluding ortho intramolecular Hbond substituents is 1. The first-order chi connectivity index (χ1) is 8.20. The molecule has 0 spiro atoms. The Bertz CT molecular complexity index is 518. The summed E-state index contributed by atoms with van der Waals surface area (Å²) in [5, 5.41) is 9.24. The van der Waals surface area contributed by atoms with Gasteiger partial charge in [-0.15, -0.1) is 0 Å². The fourth-order valence-corrected chi connectivity index (χ4v) is 1.75. The summed E-state index contributed by atoms with van der Waals surface area (Å²) in [4.78, 5) is 0. The zero-order valence-electron chi connectivity index (χ0n) is 10.1. The van der Waals surface area contributed by atoms with Crippen molar-refractivity contribution < 1.29 is 5.11 Å². The van der Waals surface area contributed by atoms with Crippen molar-refractivity contribution >= 4 is 5.57 Å². The average Bonchev–Trinajstić information content (AvgIpc) is 2.39. The van der Waals surface area contributed by atoms with E-state index in [1.54, 1.807) is 12.1 Å². The minimum absolute atomic E-state index is 0.301. The molecule has 0 heterocycles. The van der Waals surface area contributed by atoms with Crippen molar-refractivity contribution in [3.63, 3.8) is 0 Å². The molecule has 0 radical (unpaired) electrons. The first kappa shape index (κ1) is 11.5. The summed E-state index contributed by atoms with van der Waals surface area (Å²) in [6, 6.07) is 15.7. The molecule has 0 saturated carbocycles. The Hall–Kier alpha value is -2.02. The molecule has 1 nitrogen and oxygen atoms in total. The van der Waals surface area contributed by atoms with Gasteiger partial charge in [-0.05, 0) is 48.2 Å². The summed E-state index contributed by atoms with van der Waals surface area (Å²) in [7, 11) is 0. The smallest absolute Gasteiger partial charge is 0.115 e. The zero-order chi connectivity index (χ0) is 12.3. The quantitative estimate of drug-likeness (QED) is 0.797. The van der Waals surface area contributed by atoms with E-state index in [1.165, 1.54) is 11.1 Å². The first-order valence-electron chi connectivity index (χ1n) is 5.73. The van der Waals surface area contributed by atoms with Gasteiger partial charge in [0.2, 0.25) is 0 Å². The van der Waals surface area contributed by atoms with Gasteiger partial charge in [0, 0.05) is 0 Å². The molecule has 0 unspecified atom stereocenters. The van der Waals surface area contributed by atoms with Crippen LogP contribution in [0.4, 0.5) is 0 Å². The van der Waals surface area contributed by atoms with Gasteiger partial charge in [0.25, 0.3) is 0 Å². The van der Waals surface area contributed by atoms with Crippen LogP contribution in [-0.4, -0.2) is 5.11 Å². The fourth-order valence-electron chi connectivity index (χ4n) is 1.75. The summed E-state index contributed by atoms with van der Waals surface area (Å²) >= 11 is 0. The molecule has 2 aromatic rings. The van der Waals surface area contributed by atoms with Gasteiger partial charge in [-0.2, -0.15) is 0 Å². The lowest BCUT2D eigenvalue weighted by atomic mass is 10.0. The molecule has 0 aromatic heterocycles. The van der Waals surface area contributed by atoms with Crippen molar-refractivity contribution in [1.29, 1.82) is 0 Å². The van der Waals surface area contributed by atoms with E-state index in [2.05, 4.69) is 37.3 Å². The second-order valence-electron chi connectivity index (χ2n) is 4.10. The monoisotopic (exact) mass is 224 g/mol. The molecule has 86 valence electrons. The van der Waals surface area contributed by atoms with E-state index >= 15 is 0 Å². The first-order valence-corrected chi connectivity index (χ1v) is 5.73. The molecule has 0 amide bonds. The Labute approximate surface area is 102 Å². The Morgan fingerprint density at radius 2 is 1.35 bits per heavy atom. The van der Waals surface area contributed by atoms with E-state index in [0.717, 1.165) is 11.1 Å². The number of benzene rings is 2. The molecule has 0 saturated heterocycles. The lowest BCUT2D eigenvalue weighted by Crippen LogP contribution is -1.81. The zero-order valence-corrected chi connectivity index (χ0v) is 10.1. The molecular formula is C16H16O. The van der Waals surface area contributed by atoms with Gasteiger partial charge in [0.05, 0.1) is 0 Å². The molecule has 0 aliphatic carbocycles. The van der Waals surface area contributed by atoms with Crippen LogP contribution >= 0.6 is 0 Å². The number of aromatic hydroxyl groups is 1. The van der Waals surface area contributed by atoms with Crippen LogP contribution in [0.25, 0.3) is 16.7 Å². The van der Waals surface area contributed by atoms with Crippen molar-refractivity contribution in [1.82, 2.24) is 0 Å². The number of rotatable bonds is 2. The van der Waals surface area contributed by atoms with Crippen LogP contribution in [0.1, 0.15) is 19.4 Å². The molecule has 1 heteroatoms. The van der Waals surface area contributed by atoms with Crippen LogP contribution < -0.4 is 0 Å². The standard InChI is InChI=1S/C16H16O/c1-3-12(2)13-4-6-14(7-5-13)15-8-10-16(17)11-9-15/h3-11,17H,1-2H3/b12-3-. The highest BCUT2D eigenvalue weighted by Gasteiger charge is 1.99. The summed E-state index contributed by atoms with van der Waals surface area (Å²) < 4.78 is 0. The Morgan fingerprint density at radius 1 is 0.882 bits per heavy atom. The second-order valence-corrected chi connectivity index (χ2v) is 4.10. The summed E-state index contributed by atoms with van der Waals surface area (Å²) in [5.41, 5.74) is 4.81. The molecule has 0 fully saturated rings. The minimum Gasteiger partial charge on any atom is -0.508 e. The van der Waals surface area contributed by atoms with Crippen molar-refractivity contribution in [2.45, 2.75) is 13.8 Å². The van der Waals surface area contributed by atoms with Gasteiger partial charge in [-0.25, -0.2) is 0 Å². The van der Waals surface area contributed by atoms with Gasteiger partial charge >= 0.3 is 0 Å². The maximum absolute atomic E-state index is 9.24. The number of hydrogen-bond donors (Lipinski definition) is 1. The fraction of sp³-hybridized carbons (Fsp3) is 0.125. The lowest BCUT2D eigenvalue weighted by molar-refractivity contribution is 0.475. The van der Waals surface area contributed by atoms with Crippen LogP contribution in [-0.2, 0) is 0 Å². The Kier molecular flexibility index (Phi) is 3.29. The number of phenols is 1. The van der Waals surface area contributed by atoms with Crippen molar-refractivity contribution in [2.24, 2.45) is 0 Å². The largest absolute Gasteiger partial charge is 0.508 e. The maximum atomic E-state index is 9.24. The van der Waals surface area contributed by atoms with Gasteiger partial charge in [0.15, 0.2) is 0 Å². The highest BCUT2D eigenvalue weighted by Crippen LogP contribution is 2.23. The molecule has 0 bridgehead atoms. The maximum Gasteiger partial charge on any atom is 0.115 e. The van der Waals surface area contributed by atoms with Crippen LogP contribution in [0.3, 0.4) is 0 Å². The van der Waals surface area contributed by atoms with E-state index in [0.29, 0.717) is 5.75 Å². The Morgan fingerprint density at radius 3 is 1.82 bits per heavy atom. The molecule has 0 aliphatic heterocycles. The van der Waals surface area contributed by atoms with E-state index in [4.69, 9.17) is 0 Å². The highest BCUT2D eigenvalue weighted by molar-refractivity contribution is 5.69. The molecule has 0 aliphatic rings. The van der Waals surface area contributed by atoms with E-state index in [1.807, 2.05) is 19.1 Å². The molecule has 0 atom stereocenters. The van der Waals surface area contributed by atoms with Gasteiger partial charge < -0.3 is 5.11 Å². The minimum atomic E-state index is 0.301. The van der Waals surface area contributed by atoms with E-state index in [-0.39, 0.29) is 0 Å². The Balaban J connectivity index is 2.32. The topological polar surface area (TPSA) is 20.2 Å².